The van der Waals surface area contributed by atoms with Crippen molar-refractivity contribution in [3.63, 3.8) is 0 Å². The molecular formula is C22H23ClN2O4S. The average molecular weight is 447 g/mol. The number of hydrogen-bond donors (Lipinski definition) is 0. The van der Waals surface area contributed by atoms with E-state index in [9.17, 15) is 4.79 Å². The molecule has 0 bridgehead atoms. The van der Waals surface area contributed by atoms with Gasteiger partial charge in [0, 0.05) is 36.4 Å². The van der Waals surface area contributed by atoms with E-state index in [0.717, 1.165) is 15.8 Å². The van der Waals surface area contributed by atoms with Gasteiger partial charge in [-0.1, -0.05) is 41.1 Å². The van der Waals surface area contributed by atoms with Crippen molar-refractivity contribution in [1.29, 1.82) is 0 Å². The van der Waals surface area contributed by atoms with Gasteiger partial charge in [-0.2, -0.15) is 4.99 Å². The number of carbonyl (C=O) groups is 1. The van der Waals surface area contributed by atoms with Gasteiger partial charge in [0.2, 0.25) is 0 Å². The van der Waals surface area contributed by atoms with E-state index in [2.05, 4.69) is 4.99 Å². The fourth-order valence-corrected chi connectivity index (χ4v) is 4.17. The predicted octanol–water partition coefficient (Wildman–Crippen LogP) is 4.55. The summed E-state index contributed by atoms with van der Waals surface area (Å²) in [7, 11) is 3.18. The van der Waals surface area contributed by atoms with Gasteiger partial charge in [-0.25, -0.2) is 0 Å². The van der Waals surface area contributed by atoms with Gasteiger partial charge >= 0.3 is 0 Å². The molecule has 1 aromatic heterocycles. The lowest BCUT2D eigenvalue weighted by Gasteiger charge is -2.09. The van der Waals surface area contributed by atoms with Crippen LogP contribution in [0.2, 0.25) is 5.02 Å². The number of nitrogens with zero attached hydrogens (tertiary/aromatic N) is 2. The maximum absolute atomic E-state index is 12.5. The molecule has 158 valence electrons. The van der Waals surface area contributed by atoms with E-state index in [1.807, 2.05) is 41.8 Å². The summed E-state index contributed by atoms with van der Waals surface area (Å²) in [6.07, 6.45) is 3.08. The second kappa shape index (κ2) is 10.4. The van der Waals surface area contributed by atoms with E-state index in [1.165, 1.54) is 17.4 Å². The third kappa shape index (κ3) is 5.11. The van der Waals surface area contributed by atoms with Gasteiger partial charge in [-0.3, -0.25) is 4.79 Å². The molecule has 8 heteroatoms. The molecule has 0 spiro atoms. The number of thiazole rings is 1. The average Bonchev–Trinajstić information content (AvgIpc) is 3.08. The number of halogens is 1. The van der Waals surface area contributed by atoms with Crippen LogP contribution in [0, 0.1) is 0 Å². The first-order valence-electron chi connectivity index (χ1n) is 9.41. The SMILES string of the molecule is CCOCCn1c(=NC(=O)/C=C/c2ccccc2Cl)sc2cc(OC)c(OC)cc21. The van der Waals surface area contributed by atoms with E-state index in [1.54, 1.807) is 26.4 Å². The van der Waals surface area contributed by atoms with E-state index in [-0.39, 0.29) is 5.91 Å². The molecule has 0 aliphatic rings. The molecule has 3 rings (SSSR count). The normalized spacial score (nSPS) is 12.1. The van der Waals surface area contributed by atoms with Crippen molar-refractivity contribution >= 4 is 45.1 Å². The number of aromatic nitrogens is 1. The number of hydrogen-bond acceptors (Lipinski definition) is 5. The van der Waals surface area contributed by atoms with Gasteiger partial charge < -0.3 is 18.8 Å². The molecule has 0 unspecified atom stereocenters. The zero-order chi connectivity index (χ0) is 21.5. The molecule has 0 radical (unpaired) electrons. The van der Waals surface area contributed by atoms with Crippen molar-refractivity contribution in [2.45, 2.75) is 13.5 Å². The predicted molar refractivity (Wildman–Crippen MR) is 120 cm³/mol. The molecule has 0 aliphatic heterocycles. The highest BCUT2D eigenvalue weighted by atomic mass is 35.5. The Morgan fingerprint density at radius 1 is 1.20 bits per heavy atom. The molecule has 0 saturated heterocycles. The molecule has 0 atom stereocenters. The fraction of sp³-hybridized carbons (Fsp3) is 0.273. The van der Waals surface area contributed by atoms with Crippen LogP contribution in [0.5, 0.6) is 11.5 Å². The summed E-state index contributed by atoms with van der Waals surface area (Å²) < 4.78 is 19.2. The smallest absolute Gasteiger partial charge is 0.272 e. The van der Waals surface area contributed by atoms with Crippen molar-refractivity contribution in [3.05, 3.63) is 57.9 Å². The summed E-state index contributed by atoms with van der Waals surface area (Å²) in [4.78, 5) is 17.4. The molecule has 1 heterocycles. The zero-order valence-corrected chi connectivity index (χ0v) is 18.6. The second-order valence-corrected chi connectivity index (χ2v) is 7.63. The lowest BCUT2D eigenvalue weighted by Crippen LogP contribution is -2.19. The largest absolute Gasteiger partial charge is 0.493 e. The first-order valence-corrected chi connectivity index (χ1v) is 10.6. The Kier molecular flexibility index (Phi) is 7.68. The van der Waals surface area contributed by atoms with Gasteiger partial charge in [-0.05, 0) is 24.6 Å². The molecule has 3 aromatic rings. The molecule has 0 fully saturated rings. The summed E-state index contributed by atoms with van der Waals surface area (Å²) in [5, 5.41) is 0.578. The molecule has 2 aromatic carbocycles. The fourth-order valence-electron chi connectivity index (χ4n) is 2.90. The number of benzene rings is 2. The number of ether oxygens (including phenoxy) is 3. The highest BCUT2D eigenvalue weighted by molar-refractivity contribution is 7.16. The van der Waals surface area contributed by atoms with Crippen molar-refractivity contribution < 1.29 is 19.0 Å². The Hall–Kier alpha value is -2.61. The van der Waals surface area contributed by atoms with E-state index < -0.39 is 0 Å². The van der Waals surface area contributed by atoms with Gasteiger partial charge in [0.25, 0.3) is 5.91 Å². The summed E-state index contributed by atoms with van der Waals surface area (Å²) in [5.41, 5.74) is 1.66. The third-order valence-corrected chi connectivity index (χ3v) is 5.75. The number of methoxy groups -OCH3 is 2. The van der Waals surface area contributed by atoms with E-state index >= 15 is 0 Å². The number of amides is 1. The van der Waals surface area contributed by atoms with Crippen LogP contribution in [-0.2, 0) is 16.1 Å². The van der Waals surface area contributed by atoms with Crippen LogP contribution >= 0.6 is 22.9 Å². The summed E-state index contributed by atoms with van der Waals surface area (Å²) >= 11 is 7.55. The second-order valence-electron chi connectivity index (χ2n) is 6.21. The van der Waals surface area contributed by atoms with Crippen LogP contribution in [0.25, 0.3) is 16.3 Å². The van der Waals surface area contributed by atoms with Crippen LogP contribution < -0.4 is 14.3 Å². The first kappa shape index (κ1) is 22.1. The molecule has 0 saturated carbocycles. The lowest BCUT2D eigenvalue weighted by atomic mass is 10.2. The Balaban J connectivity index is 2.02. The summed E-state index contributed by atoms with van der Waals surface area (Å²) in [6, 6.07) is 11.1. The molecular weight excluding hydrogens is 424 g/mol. The molecule has 0 aliphatic carbocycles. The van der Waals surface area contributed by atoms with Crippen LogP contribution in [0.3, 0.4) is 0 Å². The van der Waals surface area contributed by atoms with Crippen molar-refractivity contribution in [3.8, 4) is 11.5 Å². The molecule has 30 heavy (non-hydrogen) atoms. The minimum absolute atomic E-state index is 0.370. The molecule has 6 nitrogen and oxygen atoms in total. The monoisotopic (exact) mass is 446 g/mol. The first-order chi connectivity index (χ1) is 14.6. The quantitative estimate of drug-likeness (QED) is 0.376. The Labute approximate surface area is 184 Å². The standard InChI is InChI=1S/C22H23ClN2O4S/c1-4-29-12-11-25-17-13-18(27-2)19(28-3)14-20(17)30-22(25)24-21(26)10-9-15-7-5-6-8-16(15)23/h5-10,13-14H,4,11-12H2,1-3H3/b10-9+,24-22?. The number of rotatable bonds is 8. The van der Waals surface area contributed by atoms with Crippen LogP contribution in [0.4, 0.5) is 0 Å². The minimum Gasteiger partial charge on any atom is -0.493 e. The van der Waals surface area contributed by atoms with Gasteiger partial charge in [0.15, 0.2) is 16.3 Å². The topological polar surface area (TPSA) is 62.1 Å². The minimum atomic E-state index is -0.370. The number of fused-ring (bicyclic) bond motifs is 1. The molecule has 1 amide bonds. The van der Waals surface area contributed by atoms with Gasteiger partial charge in [0.05, 0.1) is 31.0 Å². The third-order valence-electron chi connectivity index (χ3n) is 4.37. The Bertz CT molecular complexity index is 1130. The van der Waals surface area contributed by atoms with Crippen LogP contribution in [0.1, 0.15) is 12.5 Å². The Morgan fingerprint density at radius 2 is 1.93 bits per heavy atom. The summed E-state index contributed by atoms with van der Waals surface area (Å²) in [6.45, 7) is 3.63. The van der Waals surface area contributed by atoms with Crippen molar-refractivity contribution in [2.75, 3.05) is 27.4 Å². The van der Waals surface area contributed by atoms with Crippen LogP contribution in [-0.4, -0.2) is 37.9 Å². The van der Waals surface area contributed by atoms with Gasteiger partial charge in [0.1, 0.15) is 0 Å². The van der Waals surface area contributed by atoms with E-state index in [0.29, 0.717) is 41.1 Å². The van der Waals surface area contributed by atoms with E-state index in [4.69, 9.17) is 25.8 Å². The lowest BCUT2D eigenvalue weighted by molar-refractivity contribution is -0.113. The zero-order valence-electron chi connectivity index (χ0n) is 17.1. The van der Waals surface area contributed by atoms with Crippen molar-refractivity contribution in [2.24, 2.45) is 4.99 Å². The maximum Gasteiger partial charge on any atom is 0.272 e. The summed E-state index contributed by atoms with van der Waals surface area (Å²) in [5.74, 6) is 0.870. The maximum atomic E-state index is 12.5. The highest BCUT2D eigenvalue weighted by Crippen LogP contribution is 2.33. The number of carbonyl (C=O) groups excluding carboxylic acids is 1. The highest BCUT2D eigenvalue weighted by Gasteiger charge is 2.13. The van der Waals surface area contributed by atoms with Crippen molar-refractivity contribution in [1.82, 2.24) is 4.57 Å². The Morgan fingerprint density at radius 3 is 2.63 bits per heavy atom. The van der Waals surface area contributed by atoms with Gasteiger partial charge in [-0.15, -0.1) is 0 Å². The van der Waals surface area contributed by atoms with Crippen LogP contribution in [0.15, 0.2) is 47.5 Å². The molecule has 0 N–H and O–H groups in total.